The van der Waals surface area contributed by atoms with Crippen LogP contribution in [0.4, 0.5) is 5.69 Å². The van der Waals surface area contributed by atoms with E-state index in [0.29, 0.717) is 21.6 Å². The van der Waals surface area contributed by atoms with Gasteiger partial charge in [-0.2, -0.15) is 0 Å². The molecule has 0 radical (unpaired) electrons. The molecule has 0 bridgehead atoms. The molecule has 0 aliphatic carbocycles. The van der Waals surface area contributed by atoms with Gasteiger partial charge in [0.05, 0.1) is 11.4 Å². The van der Waals surface area contributed by atoms with Crippen LogP contribution in [0.25, 0.3) is 4.96 Å². The van der Waals surface area contributed by atoms with E-state index < -0.39 is 0 Å². The Morgan fingerprint density at radius 2 is 2.22 bits per heavy atom. The molecule has 0 amide bonds. The smallest absolute Gasteiger partial charge is 0.258 e. The largest absolute Gasteiger partial charge is 0.378 e. The van der Waals surface area contributed by atoms with Crippen LogP contribution in [-0.4, -0.2) is 14.6 Å². The van der Waals surface area contributed by atoms with Crippen molar-refractivity contribution < 1.29 is 0 Å². The molecule has 2 N–H and O–H groups in total. The van der Waals surface area contributed by atoms with Crippen LogP contribution in [0.2, 0.25) is 0 Å². The first-order valence-electron chi connectivity index (χ1n) is 7.03. The second-order valence-corrected chi connectivity index (χ2v) is 7.04. The molecule has 5 nitrogen and oxygen atoms in total. The number of benzene rings is 1. The number of fused-ring (bicyclic) bond motifs is 1. The first-order valence-corrected chi connectivity index (χ1v) is 8.89. The standard InChI is InChI=1S/C16H16N4OS2/c1-10-3-4-11(2)13(7-10)19-15(17)23-9-12-8-14(21)20-5-6-22-16(20)18-12/h3-8H,9H2,1-2H3,(H2,17,19). The van der Waals surface area contributed by atoms with Crippen molar-refractivity contribution in [3.63, 3.8) is 0 Å². The van der Waals surface area contributed by atoms with Gasteiger partial charge in [-0.25, -0.2) is 9.98 Å². The van der Waals surface area contributed by atoms with Gasteiger partial charge in [0, 0.05) is 23.4 Å². The van der Waals surface area contributed by atoms with E-state index in [9.17, 15) is 4.79 Å². The number of aryl methyl sites for hydroxylation is 2. The third kappa shape index (κ3) is 3.62. The van der Waals surface area contributed by atoms with E-state index >= 15 is 0 Å². The summed E-state index contributed by atoms with van der Waals surface area (Å²) in [5.74, 6) is 0.518. The summed E-state index contributed by atoms with van der Waals surface area (Å²) in [5.41, 5.74) is 9.74. The first kappa shape index (κ1) is 15.8. The molecule has 0 atom stereocenters. The lowest BCUT2D eigenvalue weighted by Crippen LogP contribution is -2.13. The molecule has 0 spiro atoms. The van der Waals surface area contributed by atoms with Gasteiger partial charge < -0.3 is 5.73 Å². The fourth-order valence-corrected chi connectivity index (χ4v) is 3.45. The highest BCUT2D eigenvalue weighted by Gasteiger charge is 2.05. The number of thioether (sulfide) groups is 1. The maximum atomic E-state index is 11.9. The van der Waals surface area contributed by atoms with Crippen LogP contribution in [0, 0.1) is 13.8 Å². The van der Waals surface area contributed by atoms with E-state index in [1.54, 1.807) is 6.20 Å². The number of rotatable bonds is 3. The number of thiazole rings is 1. The average Bonchev–Trinajstić information content (AvgIpc) is 2.98. The predicted octanol–water partition coefficient (Wildman–Crippen LogP) is 3.25. The van der Waals surface area contributed by atoms with Gasteiger partial charge in [-0.3, -0.25) is 9.20 Å². The van der Waals surface area contributed by atoms with Gasteiger partial charge in [0.1, 0.15) is 0 Å². The maximum Gasteiger partial charge on any atom is 0.258 e. The third-order valence-corrected chi connectivity index (χ3v) is 4.90. The Bertz CT molecular complexity index is 943. The van der Waals surface area contributed by atoms with Crippen molar-refractivity contribution in [3.05, 3.63) is 63.0 Å². The van der Waals surface area contributed by atoms with Crippen molar-refractivity contribution in [3.8, 4) is 0 Å². The van der Waals surface area contributed by atoms with Gasteiger partial charge in [0.25, 0.3) is 5.56 Å². The zero-order valence-corrected chi connectivity index (χ0v) is 14.4. The highest BCUT2D eigenvalue weighted by molar-refractivity contribution is 8.13. The van der Waals surface area contributed by atoms with Crippen molar-refractivity contribution in [1.29, 1.82) is 0 Å². The number of amidine groups is 1. The molecule has 0 saturated carbocycles. The second-order valence-electron chi connectivity index (χ2n) is 5.17. The Labute approximate surface area is 141 Å². The van der Waals surface area contributed by atoms with Gasteiger partial charge in [-0.15, -0.1) is 11.3 Å². The normalized spacial score (nSPS) is 12.0. The SMILES string of the molecule is Cc1ccc(C)c(N=C(N)SCc2cc(=O)n3ccsc3n2)c1. The highest BCUT2D eigenvalue weighted by atomic mass is 32.2. The van der Waals surface area contributed by atoms with E-state index in [4.69, 9.17) is 5.73 Å². The van der Waals surface area contributed by atoms with Crippen LogP contribution < -0.4 is 11.3 Å². The lowest BCUT2D eigenvalue weighted by molar-refractivity contribution is 1.04. The summed E-state index contributed by atoms with van der Waals surface area (Å²) >= 11 is 2.82. The van der Waals surface area contributed by atoms with Crippen molar-refractivity contribution in [2.24, 2.45) is 10.7 Å². The first-order chi connectivity index (χ1) is 11.0. The van der Waals surface area contributed by atoms with E-state index in [2.05, 4.69) is 9.98 Å². The van der Waals surface area contributed by atoms with E-state index in [1.165, 1.54) is 33.6 Å². The van der Waals surface area contributed by atoms with Crippen LogP contribution in [0.15, 0.2) is 45.6 Å². The molecule has 7 heteroatoms. The summed E-state index contributed by atoms with van der Waals surface area (Å²) in [6.45, 7) is 4.03. The predicted molar refractivity (Wildman–Crippen MR) is 97.8 cm³/mol. The lowest BCUT2D eigenvalue weighted by Gasteiger charge is -2.04. The van der Waals surface area contributed by atoms with E-state index in [1.807, 2.05) is 37.4 Å². The molecular weight excluding hydrogens is 328 g/mol. The Hall–Kier alpha value is -2.12. The molecule has 23 heavy (non-hydrogen) atoms. The monoisotopic (exact) mass is 344 g/mol. The molecular formula is C16H16N4OS2. The van der Waals surface area contributed by atoms with Gasteiger partial charge >= 0.3 is 0 Å². The number of aliphatic imine (C=N–C) groups is 1. The molecule has 3 rings (SSSR count). The molecule has 0 fully saturated rings. The minimum atomic E-state index is -0.0723. The maximum absolute atomic E-state index is 11.9. The minimum absolute atomic E-state index is 0.0723. The summed E-state index contributed by atoms with van der Waals surface area (Å²) in [7, 11) is 0. The van der Waals surface area contributed by atoms with Crippen molar-refractivity contribution in [2.45, 2.75) is 19.6 Å². The van der Waals surface area contributed by atoms with Gasteiger partial charge in [0.2, 0.25) is 0 Å². The highest BCUT2D eigenvalue weighted by Crippen LogP contribution is 2.22. The number of hydrogen-bond acceptors (Lipinski definition) is 5. The molecule has 0 aliphatic heterocycles. The number of hydrogen-bond donors (Lipinski definition) is 1. The molecule has 0 saturated heterocycles. The van der Waals surface area contributed by atoms with Crippen LogP contribution in [0.1, 0.15) is 16.8 Å². The fourth-order valence-electron chi connectivity index (χ4n) is 2.10. The third-order valence-electron chi connectivity index (χ3n) is 3.32. The van der Waals surface area contributed by atoms with Crippen LogP contribution in [0.3, 0.4) is 0 Å². The van der Waals surface area contributed by atoms with E-state index in [-0.39, 0.29) is 5.56 Å². The van der Waals surface area contributed by atoms with Crippen LogP contribution in [-0.2, 0) is 5.75 Å². The molecule has 0 aliphatic rings. The summed E-state index contributed by atoms with van der Waals surface area (Å²) in [5, 5.41) is 2.31. The van der Waals surface area contributed by atoms with Gasteiger partial charge in [-0.1, -0.05) is 23.9 Å². The molecule has 118 valence electrons. The Balaban J connectivity index is 1.77. The van der Waals surface area contributed by atoms with Gasteiger partial charge in [0.15, 0.2) is 10.1 Å². The zero-order valence-electron chi connectivity index (χ0n) is 12.8. The van der Waals surface area contributed by atoms with Gasteiger partial charge in [-0.05, 0) is 31.0 Å². The zero-order chi connectivity index (χ0) is 16.4. The molecule has 2 aromatic heterocycles. The fraction of sp³-hybridized carbons (Fsp3) is 0.188. The van der Waals surface area contributed by atoms with Crippen molar-refractivity contribution in [1.82, 2.24) is 9.38 Å². The molecule has 3 aromatic rings. The summed E-state index contributed by atoms with van der Waals surface area (Å²) in [6, 6.07) is 7.62. The average molecular weight is 344 g/mol. The number of aromatic nitrogens is 2. The summed E-state index contributed by atoms with van der Waals surface area (Å²) in [4.78, 5) is 21.5. The van der Waals surface area contributed by atoms with Crippen molar-refractivity contribution >= 4 is 38.9 Å². The van der Waals surface area contributed by atoms with E-state index in [0.717, 1.165) is 16.8 Å². The summed E-state index contributed by atoms with van der Waals surface area (Å²) < 4.78 is 1.53. The molecule has 2 heterocycles. The summed E-state index contributed by atoms with van der Waals surface area (Å²) in [6.07, 6.45) is 1.72. The molecule has 0 unspecified atom stereocenters. The Morgan fingerprint density at radius 3 is 3.04 bits per heavy atom. The minimum Gasteiger partial charge on any atom is -0.378 e. The van der Waals surface area contributed by atoms with Crippen LogP contribution in [0.5, 0.6) is 0 Å². The second kappa shape index (κ2) is 6.55. The van der Waals surface area contributed by atoms with Crippen LogP contribution >= 0.6 is 23.1 Å². The Morgan fingerprint density at radius 1 is 1.39 bits per heavy atom. The number of nitrogens with zero attached hydrogens (tertiary/aromatic N) is 3. The topological polar surface area (TPSA) is 72.8 Å². The molecule has 1 aromatic carbocycles. The Kier molecular flexibility index (Phi) is 4.49. The quantitative estimate of drug-likeness (QED) is 0.585. The lowest BCUT2D eigenvalue weighted by atomic mass is 10.1. The number of nitrogens with two attached hydrogens (primary N) is 1. The van der Waals surface area contributed by atoms with Crippen molar-refractivity contribution in [2.75, 3.05) is 0 Å².